The van der Waals surface area contributed by atoms with Crippen LogP contribution in [0.4, 0.5) is 0 Å². The molecule has 0 saturated heterocycles. The van der Waals surface area contributed by atoms with Crippen LogP contribution < -0.4 is 18.9 Å². The average molecular weight is 105 g/mol. The fourth-order valence-electron chi connectivity index (χ4n) is 0.173. The van der Waals surface area contributed by atoms with E-state index in [0.717, 1.165) is 0 Å². The van der Waals surface area contributed by atoms with E-state index in [-0.39, 0.29) is 18.9 Å². The maximum absolute atomic E-state index is 9.95. The number of carbonyl (C=O) groups excluding carboxylic acids is 1. The molecule has 0 atom stereocenters. The summed E-state index contributed by atoms with van der Waals surface area (Å²) in [6, 6.07) is 0. The molecule has 0 aromatic carbocycles. The first-order valence-corrected chi connectivity index (χ1v) is 1.94. The van der Waals surface area contributed by atoms with Gasteiger partial charge in [-0.1, -0.05) is 0 Å². The van der Waals surface area contributed by atoms with Crippen molar-refractivity contribution in [1.29, 1.82) is 0 Å². The summed E-state index contributed by atoms with van der Waals surface area (Å²) >= 11 is 0. The van der Waals surface area contributed by atoms with Gasteiger partial charge in [-0.25, -0.2) is 4.79 Å². The number of esters is 1. The SMILES string of the molecule is C#CC(=O)OCC.[Li+]. The van der Waals surface area contributed by atoms with Crippen LogP contribution >= 0.6 is 0 Å². The summed E-state index contributed by atoms with van der Waals surface area (Å²) in [7, 11) is 0. The van der Waals surface area contributed by atoms with Crippen LogP contribution in [0.2, 0.25) is 0 Å². The van der Waals surface area contributed by atoms with Crippen LogP contribution in [0, 0.1) is 12.3 Å². The van der Waals surface area contributed by atoms with Gasteiger partial charge < -0.3 is 4.74 Å². The molecule has 0 aromatic heterocycles. The third-order valence-corrected chi connectivity index (χ3v) is 0.393. The van der Waals surface area contributed by atoms with E-state index < -0.39 is 5.97 Å². The van der Waals surface area contributed by atoms with Gasteiger partial charge in [-0.15, -0.1) is 6.42 Å². The molecule has 8 heavy (non-hydrogen) atoms. The molecule has 3 heteroatoms. The monoisotopic (exact) mass is 105 g/mol. The summed E-state index contributed by atoms with van der Waals surface area (Å²) in [5, 5.41) is 0. The molecule has 0 unspecified atom stereocenters. The maximum Gasteiger partial charge on any atom is 1.00 e. The molecule has 0 N–H and O–H groups in total. The van der Waals surface area contributed by atoms with Crippen LogP contribution in [-0.2, 0) is 9.53 Å². The summed E-state index contributed by atoms with van der Waals surface area (Å²) in [5.74, 6) is 1.21. The molecule has 0 amide bonds. The first-order valence-electron chi connectivity index (χ1n) is 1.94. The van der Waals surface area contributed by atoms with Crippen LogP contribution in [0.1, 0.15) is 6.92 Å². The Labute approximate surface area is 60.8 Å². The van der Waals surface area contributed by atoms with Crippen molar-refractivity contribution in [2.24, 2.45) is 0 Å². The minimum absolute atomic E-state index is 0. The van der Waals surface area contributed by atoms with E-state index >= 15 is 0 Å². The van der Waals surface area contributed by atoms with Crippen molar-refractivity contribution in [3.05, 3.63) is 0 Å². The Morgan fingerprint density at radius 3 is 2.50 bits per heavy atom. The molecule has 2 nitrogen and oxygen atoms in total. The van der Waals surface area contributed by atoms with Crippen molar-refractivity contribution in [3.8, 4) is 12.3 Å². The van der Waals surface area contributed by atoms with E-state index in [1.807, 2.05) is 0 Å². The third-order valence-electron chi connectivity index (χ3n) is 0.393. The van der Waals surface area contributed by atoms with Crippen LogP contribution in [-0.4, -0.2) is 12.6 Å². The minimum Gasteiger partial charge on any atom is -0.456 e. The molecule has 0 rings (SSSR count). The van der Waals surface area contributed by atoms with Gasteiger partial charge in [0.15, 0.2) is 0 Å². The van der Waals surface area contributed by atoms with E-state index in [4.69, 9.17) is 0 Å². The van der Waals surface area contributed by atoms with E-state index in [1.54, 1.807) is 12.8 Å². The van der Waals surface area contributed by atoms with E-state index in [1.165, 1.54) is 0 Å². The average Bonchev–Trinajstić information content (AvgIpc) is 1.68. The van der Waals surface area contributed by atoms with Crippen LogP contribution in [0.25, 0.3) is 0 Å². The summed E-state index contributed by atoms with van der Waals surface area (Å²) in [6.07, 6.45) is 4.63. The normalized spacial score (nSPS) is 6.00. The van der Waals surface area contributed by atoms with Crippen LogP contribution in [0.5, 0.6) is 0 Å². The molecule has 0 fully saturated rings. The zero-order valence-corrected chi connectivity index (χ0v) is 5.10. The van der Waals surface area contributed by atoms with Gasteiger partial charge in [0.25, 0.3) is 0 Å². The Bertz CT molecular complexity index is 103. The maximum atomic E-state index is 9.95. The quantitative estimate of drug-likeness (QED) is 0.156. The van der Waals surface area contributed by atoms with Gasteiger partial charge in [-0.3, -0.25) is 0 Å². The second kappa shape index (κ2) is 6.63. The Morgan fingerprint density at radius 2 is 2.38 bits per heavy atom. The van der Waals surface area contributed by atoms with Gasteiger partial charge in [0.1, 0.15) is 0 Å². The predicted molar refractivity (Wildman–Crippen MR) is 25.5 cm³/mol. The molecule has 0 saturated carbocycles. The van der Waals surface area contributed by atoms with Crippen molar-refractivity contribution in [3.63, 3.8) is 0 Å². The van der Waals surface area contributed by atoms with Crippen molar-refractivity contribution < 1.29 is 28.4 Å². The second-order valence-corrected chi connectivity index (χ2v) is 0.865. The van der Waals surface area contributed by atoms with Crippen LogP contribution in [0.15, 0.2) is 0 Å². The Balaban J connectivity index is 0. The Hall–Kier alpha value is -0.373. The van der Waals surface area contributed by atoms with Crippen molar-refractivity contribution in [2.45, 2.75) is 6.92 Å². The molecule has 0 aliphatic rings. The number of terminal acetylenes is 1. The topological polar surface area (TPSA) is 26.3 Å². The molecule has 0 spiro atoms. The van der Waals surface area contributed by atoms with Crippen molar-refractivity contribution >= 4 is 5.97 Å². The largest absolute Gasteiger partial charge is 1.00 e. The number of hydrogen-bond acceptors (Lipinski definition) is 2. The molecule has 0 aromatic rings. The molecule has 0 bridgehead atoms. The van der Waals surface area contributed by atoms with Gasteiger partial charge >= 0.3 is 24.8 Å². The predicted octanol–water partition coefficient (Wildman–Crippen LogP) is -2.81. The molecule has 38 valence electrons. The number of hydrogen-bond donors (Lipinski definition) is 0. The molecule has 0 heterocycles. The molecule has 0 aliphatic carbocycles. The van der Waals surface area contributed by atoms with Gasteiger partial charge in [0, 0.05) is 5.92 Å². The minimum atomic E-state index is -0.595. The first-order chi connectivity index (χ1) is 3.31. The van der Waals surface area contributed by atoms with Gasteiger partial charge in [0.2, 0.25) is 0 Å². The number of rotatable bonds is 1. The second-order valence-electron chi connectivity index (χ2n) is 0.865. The van der Waals surface area contributed by atoms with Crippen LogP contribution in [0.3, 0.4) is 0 Å². The standard InChI is InChI=1S/C5H6O2.Li/c1-3-5(6)7-4-2;/h1H,4H2,2H3;/q;+1. The molecular weight excluding hydrogens is 99.0 g/mol. The molecular formula is C5H6LiO2+. The number of carbonyl (C=O) groups is 1. The summed E-state index contributed by atoms with van der Waals surface area (Å²) < 4.78 is 4.32. The van der Waals surface area contributed by atoms with Gasteiger partial charge in [0.05, 0.1) is 6.61 Å². The molecule has 0 aliphatic heterocycles. The van der Waals surface area contributed by atoms with Crippen molar-refractivity contribution in [1.82, 2.24) is 0 Å². The Morgan fingerprint density at radius 1 is 1.88 bits per heavy atom. The van der Waals surface area contributed by atoms with E-state index in [9.17, 15) is 4.79 Å². The van der Waals surface area contributed by atoms with Crippen molar-refractivity contribution in [2.75, 3.05) is 6.61 Å². The number of ether oxygens (including phenoxy) is 1. The van der Waals surface area contributed by atoms with E-state index in [2.05, 4.69) is 11.2 Å². The fraction of sp³-hybridized carbons (Fsp3) is 0.400. The Kier molecular flexibility index (Phi) is 8.76. The van der Waals surface area contributed by atoms with Gasteiger partial charge in [-0.05, 0) is 6.92 Å². The van der Waals surface area contributed by atoms with E-state index in [0.29, 0.717) is 6.61 Å². The smallest absolute Gasteiger partial charge is 0.456 e. The zero-order chi connectivity index (χ0) is 5.70. The van der Waals surface area contributed by atoms with Gasteiger partial charge in [-0.2, -0.15) is 0 Å². The molecule has 0 radical (unpaired) electrons. The third kappa shape index (κ3) is 5.63. The summed E-state index contributed by atoms with van der Waals surface area (Å²) in [5.41, 5.74) is 0. The fourth-order valence-corrected chi connectivity index (χ4v) is 0.173. The first kappa shape index (κ1) is 10.6. The zero-order valence-electron chi connectivity index (χ0n) is 5.10. The summed E-state index contributed by atoms with van der Waals surface area (Å²) in [4.78, 5) is 9.95. The summed E-state index contributed by atoms with van der Waals surface area (Å²) in [6.45, 7) is 2.05.